The van der Waals surface area contributed by atoms with Crippen molar-refractivity contribution in [2.75, 3.05) is 32.8 Å². The first-order chi connectivity index (χ1) is 11.5. The van der Waals surface area contributed by atoms with E-state index in [1.807, 2.05) is 11.8 Å². The zero-order valence-corrected chi connectivity index (χ0v) is 15.3. The van der Waals surface area contributed by atoms with E-state index in [1.54, 1.807) is 18.3 Å². The molecule has 1 aromatic rings. The molecule has 5 nitrogen and oxygen atoms in total. The zero-order valence-electron chi connectivity index (χ0n) is 14.5. The molecule has 3 heterocycles. The van der Waals surface area contributed by atoms with Crippen LogP contribution in [0, 0.1) is 11.3 Å². The van der Waals surface area contributed by atoms with E-state index in [0.717, 1.165) is 32.5 Å². The van der Waals surface area contributed by atoms with Gasteiger partial charge in [-0.3, -0.25) is 14.5 Å². The van der Waals surface area contributed by atoms with Crippen LogP contribution in [-0.4, -0.2) is 54.5 Å². The molecule has 2 atom stereocenters. The van der Waals surface area contributed by atoms with Crippen LogP contribution in [0.25, 0.3) is 0 Å². The van der Waals surface area contributed by atoms with Crippen LogP contribution < -0.4 is 0 Å². The molecule has 132 valence electrons. The van der Waals surface area contributed by atoms with Crippen LogP contribution in [0.15, 0.2) is 17.5 Å². The number of rotatable bonds is 4. The third kappa shape index (κ3) is 3.35. The van der Waals surface area contributed by atoms with Gasteiger partial charge in [-0.1, -0.05) is 6.07 Å². The fourth-order valence-corrected chi connectivity index (χ4v) is 4.87. The van der Waals surface area contributed by atoms with Crippen molar-refractivity contribution in [2.45, 2.75) is 33.2 Å². The lowest BCUT2D eigenvalue weighted by Crippen LogP contribution is -2.42. The van der Waals surface area contributed by atoms with Gasteiger partial charge in [0, 0.05) is 43.9 Å². The number of likely N-dealkylation sites (tertiary alicyclic amines) is 2. The Morgan fingerprint density at radius 1 is 1.42 bits per heavy atom. The Balaban J connectivity index is 1.80. The standard InChI is InChI=1S/C18H26N2O3S/c1-3-23-17(22)18-7-5-8-19(12-16-6-4-9-24-16)10-15(18)11-20(13-18)14(2)21/h4,6,9,15H,3,5,7-8,10-13H2,1-2H3/t15-,18-/m0/s1. The summed E-state index contributed by atoms with van der Waals surface area (Å²) in [7, 11) is 0. The highest BCUT2D eigenvalue weighted by molar-refractivity contribution is 7.09. The van der Waals surface area contributed by atoms with Gasteiger partial charge in [-0.25, -0.2) is 0 Å². The second kappa shape index (κ2) is 7.23. The molecule has 1 aromatic heterocycles. The molecule has 0 unspecified atom stereocenters. The van der Waals surface area contributed by atoms with Gasteiger partial charge in [0.2, 0.25) is 5.91 Å². The molecule has 2 saturated heterocycles. The average Bonchev–Trinajstić information content (AvgIpc) is 3.13. The highest BCUT2D eigenvalue weighted by atomic mass is 32.1. The first-order valence-electron chi connectivity index (χ1n) is 8.72. The fraction of sp³-hybridized carbons (Fsp3) is 0.667. The predicted molar refractivity (Wildman–Crippen MR) is 93.6 cm³/mol. The van der Waals surface area contributed by atoms with Gasteiger partial charge in [-0.15, -0.1) is 11.3 Å². The normalized spacial score (nSPS) is 27.6. The fourth-order valence-electron chi connectivity index (χ4n) is 4.13. The van der Waals surface area contributed by atoms with Gasteiger partial charge >= 0.3 is 5.97 Å². The van der Waals surface area contributed by atoms with Gasteiger partial charge < -0.3 is 9.64 Å². The van der Waals surface area contributed by atoms with Gasteiger partial charge in [0.1, 0.15) is 0 Å². The van der Waals surface area contributed by atoms with Crippen molar-refractivity contribution in [1.82, 2.24) is 9.80 Å². The molecule has 0 spiro atoms. The first-order valence-corrected chi connectivity index (χ1v) is 9.60. The van der Waals surface area contributed by atoms with Crippen LogP contribution in [0.5, 0.6) is 0 Å². The SMILES string of the molecule is CCOC(=O)[C@]12CCCN(Cc3cccs3)C[C@H]1CN(C(C)=O)C2. The van der Waals surface area contributed by atoms with Crippen LogP contribution in [0.2, 0.25) is 0 Å². The van der Waals surface area contributed by atoms with E-state index in [9.17, 15) is 9.59 Å². The molecule has 6 heteroatoms. The summed E-state index contributed by atoms with van der Waals surface area (Å²) >= 11 is 1.77. The summed E-state index contributed by atoms with van der Waals surface area (Å²) < 4.78 is 5.42. The number of hydrogen-bond acceptors (Lipinski definition) is 5. The van der Waals surface area contributed by atoms with Crippen LogP contribution in [-0.2, 0) is 20.9 Å². The highest BCUT2D eigenvalue weighted by Gasteiger charge is 2.54. The maximum Gasteiger partial charge on any atom is 0.314 e. The summed E-state index contributed by atoms with van der Waals surface area (Å²) in [5.74, 6) is 0.0937. The Morgan fingerprint density at radius 3 is 2.92 bits per heavy atom. The maximum absolute atomic E-state index is 12.8. The van der Waals surface area contributed by atoms with E-state index in [2.05, 4.69) is 22.4 Å². The molecule has 0 bridgehead atoms. The lowest BCUT2D eigenvalue weighted by atomic mass is 9.75. The van der Waals surface area contributed by atoms with Crippen LogP contribution >= 0.6 is 11.3 Å². The van der Waals surface area contributed by atoms with Crippen molar-refractivity contribution in [3.05, 3.63) is 22.4 Å². The van der Waals surface area contributed by atoms with E-state index >= 15 is 0 Å². The van der Waals surface area contributed by atoms with Crippen molar-refractivity contribution < 1.29 is 14.3 Å². The Kier molecular flexibility index (Phi) is 5.25. The van der Waals surface area contributed by atoms with Crippen LogP contribution in [0.3, 0.4) is 0 Å². The minimum absolute atomic E-state index is 0.0524. The summed E-state index contributed by atoms with van der Waals surface area (Å²) in [6.07, 6.45) is 1.77. The number of carbonyl (C=O) groups is 2. The largest absolute Gasteiger partial charge is 0.466 e. The van der Waals surface area contributed by atoms with Crippen molar-refractivity contribution >= 4 is 23.2 Å². The number of ether oxygens (including phenoxy) is 1. The molecule has 0 aromatic carbocycles. The Hall–Kier alpha value is -1.40. The number of nitrogens with zero attached hydrogens (tertiary/aromatic N) is 2. The van der Waals surface area contributed by atoms with E-state index in [4.69, 9.17) is 4.74 Å². The van der Waals surface area contributed by atoms with Gasteiger partial charge in [0.25, 0.3) is 0 Å². The summed E-state index contributed by atoms with van der Waals surface area (Å²) in [6.45, 7) is 7.78. The van der Waals surface area contributed by atoms with Gasteiger partial charge in [0.15, 0.2) is 0 Å². The molecule has 0 aliphatic carbocycles. The number of hydrogen-bond donors (Lipinski definition) is 0. The smallest absolute Gasteiger partial charge is 0.314 e. The summed E-state index contributed by atoms with van der Waals surface area (Å²) in [4.78, 5) is 30.3. The average molecular weight is 350 g/mol. The third-order valence-corrected chi connectivity index (χ3v) is 6.22. The van der Waals surface area contributed by atoms with Crippen molar-refractivity contribution in [1.29, 1.82) is 0 Å². The van der Waals surface area contributed by atoms with E-state index < -0.39 is 5.41 Å². The maximum atomic E-state index is 12.8. The van der Waals surface area contributed by atoms with E-state index in [-0.39, 0.29) is 17.8 Å². The van der Waals surface area contributed by atoms with Crippen molar-refractivity contribution in [3.8, 4) is 0 Å². The second-order valence-corrected chi connectivity index (χ2v) is 7.92. The molecule has 0 radical (unpaired) electrons. The number of fused-ring (bicyclic) bond motifs is 1. The number of esters is 1. The van der Waals surface area contributed by atoms with Gasteiger partial charge in [-0.05, 0) is 37.8 Å². The first kappa shape index (κ1) is 17.4. The monoisotopic (exact) mass is 350 g/mol. The van der Waals surface area contributed by atoms with Crippen molar-refractivity contribution in [3.63, 3.8) is 0 Å². The molecular formula is C18H26N2O3S. The molecule has 2 aliphatic rings. The molecule has 0 saturated carbocycles. The number of amides is 1. The zero-order chi connectivity index (χ0) is 17.2. The van der Waals surface area contributed by atoms with Gasteiger partial charge in [-0.2, -0.15) is 0 Å². The van der Waals surface area contributed by atoms with E-state index in [0.29, 0.717) is 19.7 Å². The molecule has 24 heavy (non-hydrogen) atoms. The van der Waals surface area contributed by atoms with Gasteiger partial charge in [0.05, 0.1) is 12.0 Å². The summed E-state index contributed by atoms with van der Waals surface area (Å²) in [6, 6.07) is 4.23. The highest BCUT2D eigenvalue weighted by Crippen LogP contribution is 2.44. The Morgan fingerprint density at radius 2 is 2.25 bits per heavy atom. The van der Waals surface area contributed by atoms with E-state index in [1.165, 1.54) is 4.88 Å². The second-order valence-electron chi connectivity index (χ2n) is 6.89. The van der Waals surface area contributed by atoms with Crippen molar-refractivity contribution in [2.24, 2.45) is 11.3 Å². The molecule has 0 N–H and O–H groups in total. The Labute approximate surface area is 147 Å². The number of thiophene rings is 1. The quantitative estimate of drug-likeness (QED) is 0.783. The van der Waals surface area contributed by atoms with Crippen LogP contribution in [0.4, 0.5) is 0 Å². The molecular weight excluding hydrogens is 324 g/mol. The summed E-state index contributed by atoms with van der Waals surface area (Å²) in [5, 5.41) is 2.10. The minimum atomic E-state index is -0.522. The molecule has 2 fully saturated rings. The third-order valence-electron chi connectivity index (χ3n) is 5.36. The molecule has 3 rings (SSSR count). The summed E-state index contributed by atoms with van der Waals surface area (Å²) in [5.41, 5.74) is -0.522. The lowest BCUT2D eigenvalue weighted by molar-refractivity contribution is -0.157. The minimum Gasteiger partial charge on any atom is -0.466 e. The Bertz CT molecular complexity index is 589. The molecule has 1 amide bonds. The molecule has 2 aliphatic heterocycles. The lowest BCUT2D eigenvalue weighted by Gasteiger charge is -2.31. The predicted octanol–water partition coefficient (Wildman–Crippen LogP) is 2.37. The van der Waals surface area contributed by atoms with Crippen LogP contribution in [0.1, 0.15) is 31.6 Å². The number of carbonyl (C=O) groups excluding carboxylic acids is 2. The topological polar surface area (TPSA) is 49.9 Å².